The average molecular weight is 724 g/mol. The summed E-state index contributed by atoms with van der Waals surface area (Å²) in [6, 6.07) is 0. The molecule has 0 spiro atoms. The smallest absolute Gasteiger partial charge is 1.00 e. The Morgan fingerprint density at radius 1 is 0.475 bits per heavy atom. The van der Waals surface area contributed by atoms with Crippen molar-refractivity contribution in [2.45, 2.75) is 144 Å². The Balaban J connectivity index is 0. The minimum Gasteiger partial charge on any atom is -1.00 e. The maximum absolute atomic E-state index is 5.64. The van der Waals surface area contributed by atoms with Crippen LogP contribution in [0.25, 0.3) is 0 Å². The van der Waals surface area contributed by atoms with Gasteiger partial charge in [0.1, 0.15) is 0 Å². The molecule has 10 heteroatoms. The van der Waals surface area contributed by atoms with Crippen LogP contribution in [0.3, 0.4) is 0 Å². The third-order valence-electron chi connectivity index (χ3n) is 6.63. The van der Waals surface area contributed by atoms with E-state index < -0.39 is 17.2 Å². The summed E-state index contributed by atoms with van der Waals surface area (Å²) in [5, 5.41) is 0. The summed E-state index contributed by atoms with van der Waals surface area (Å²) in [5.74, 6) is 0. The second kappa shape index (κ2) is 28.1. The molecule has 0 atom stereocenters. The van der Waals surface area contributed by atoms with E-state index in [0.29, 0.717) is 0 Å². The van der Waals surface area contributed by atoms with Crippen LogP contribution in [0.5, 0.6) is 0 Å². The normalized spacial score (nSPS) is 18.8. The molecule has 2 rings (SSSR count). The van der Waals surface area contributed by atoms with Gasteiger partial charge in [0.25, 0.3) is 0 Å². The number of halogens is 1. The average Bonchev–Trinajstić information content (AvgIpc) is 2.89. The molecule has 0 radical (unpaired) electrons. The van der Waals surface area contributed by atoms with Crippen molar-refractivity contribution in [2.24, 2.45) is 10.8 Å². The molecule has 2 aliphatic heterocycles. The second-order valence-corrected chi connectivity index (χ2v) is 14.9. The first kappa shape index (κ1) is 43.7. The molecule has 2 saturated heterocycles. The van der Waals surface area contributed by atoms with Crippen LogP contribution in [0.1, 0.15) is 144 Å². The minimum atomic E-state index is -1.06. The summed E-state index contributed by atoms with van der Waals surface area (Å²) < 4.78 is 33.6. The van der Waals surface area contributed by atoms with E-state index in [1.54, 1.807) is 0 Å². The topological polar surface area (TPSA) is 55.4 Å². The molecule has 0 aromatic carbocycles. The van der Waals surface area contributed by atoms with Gasteiger partial charge in [-0.25, -0.2) is 0 Å². The summed E-state index contributed by atoms with van der Waals surface area (Å²) in [5.41, 5.74) is 0.279. The van der Waals surface area contributed by atoms with Crippen LogP contribution in [0.4, 0.5) is 0 Å². The summed E-state index contributed by atoms with van der Waals surface area (Å²) in [6.45, 7) is 17.7. The monoisotopic (exact) mass is 722 g/mol. The van der Waals surface area contributed by atoms with Crippen molar-refractivity contribution in [1.82, 2.24) is 0 Å². The van der Waals surface area contributed by atoms with Crippen molar-refractivity contribution < 1.29 is 61.2 Å². The van der Waals surface area contributed by atoms with Gasteiger partial charge in [0.05, 0.1) is 39.6 Å². The van der Waals surface area contributed by atoms with Crippen molar-refractivity contribution in [3.8, 4) is 0 Å². The Morgan fingerprint density at radius 3 is 1.00 bits per heavy atom. The van der Waals surface area contributed by atoms with Crippen molar-refractivity contribution in [1.29, 1.82) is 0 Å². The van der Waals surface area contributed by atoms with Gasteiger partial charge in [0.15, 0.2) is 0 Å². The number of hydrogen-bond donors (Lipinski definition) is 0. The van der Waals surface area contributed by atoms with Gasteiger partial charge in [-0.1, -0.05) is 131 Å². The van der Waals surface area contributed by atoms with Crippen LogP contribution in [-0.4, -0.2) is 39.6 Å². The van der Waals surface area contributed by atoms with E-state index in [0.717, 1.165) is 52.5 Å². The van der Waals surface area contributed by atoms with Gasteiger partial charge in [-0.05, 0) is 12.8 Å². The molecule has 246 valence electrons. The molecule has 2 fully saturated rings. The standard InChI is InChI=1S/2C15H31O3P.BrH.Cu/c2*1-4-5-6-7-8-9-10-11-12-16-19-17-13-15(2,3)14-18-19;;/h2*4-14H2,1-3H3;1H;/q;;;+1/p-1. The molecule has 40 heavy (non-hydrogen) atoms. The van der Waals surface area contributed by atoms with Crippen LogP contribution < -0.4 is 17.0 Å². The second-order valence-electron chi connectivity index (χ2n) is 12.5. The van der Waals surface area contributed by atoms with E-state index in [1.807, 2.05) is 0 Å². The molecular weight excluding hydrogens is 662 g/mol. The number of unbranched alkanes of at least 4 members (excludes halogenated alkanes) is 14. The minimum absolute atomic E-state index is 0. The summed E-state index contributed by atoms with van der Waals surface area (Å²) in [7, 11) is -2.13. The summed E-state index contributed by atoms with van der Waals surface area (Å²) in [4.78, 5) is 0. The fourth-order valence-corrected chi connectivity index (χ4v) is 6.79. The Bertz CT molecular complexity index is 482. The van der Waals surface area contributed by atoms with Gasteiger partial charge in [0, 0.05) is 10.8 Å². The molecule has 0 aromatic heterocycles. The quantitative estimate of drug-likeness (QED) is 0.0724. The van der Waals surface area contributed by atoms with Gasteiger partial charge >= 0.3 is 34.3 Å². The molecule has 0 bridgehead atoms. The Kier molecular flexibility index (Phi) is 30.8. The van der Waals surface area contributed by atoms with Crippen molar-refractivity contribution in [3.63, 3.8) is 0 Å². The van der Waals surface area contributed by atoms with E-state index in [9.17, 15) is 0 Å². The van der Waals surface area contributed by atoms with Crippen LogP contribution in [0.15, 0.2) is 0 Å². The molecule has 0 unspecified atom stereocenters. The van der Waals surface area contributed by atoms with Gasteiger partial charge < -0.3 is 44.1 Å². The van der Waals surface area contributed by atoms with Gasteiger partial charge in [-0.15, -0.1) is 0 Å². The van der Waals surface area contributed by atoms with Crippen LogP contribution in [0, 0.1) is 10.8 Å². The Hall–Kier alpha value is 1.62. The predicted molar refractivity (Wildman–Crippen MR) is 162 cm³/mol. The van der Waals surface area contributed by atoms with Crippen LogP contribution >= 0.6 is 17.2 Å². The number of rotatable bonds is 20. The first-order valence-electron chi connectivity index (χ1n) is 15.7. The van der Waals surface area contributed by atoms with E-state index >= 15 is 0 Å². The van der Waals surface area contributed by atoms with Crippen LogP contribution in [-0.2, 0) is 44.2 Å². The third-order valence-corrected chi connectivity index (χ3v) is 8.78. The molecule has 0 N–H and O–H groups in total. The molecular formula is C30H62BrCuO6P2. The fourth-order valence-electron chi connectivity index (χ4n) is 3.97. The van der Waals surface area contributed by atoms with E-state index in [-0.39, 0.29) is 44.9 Å². The first-order chi connectivity index (χ1) is 18.3. The van der Waals surface area contributed by atoms with E-state index in [1.165, 1.54) is 89.9 Å². The zero-order chi connectivity index (χ0) is 28.0. The molecule has 6 nitrogen and oxygen atoms in total. The molecule has 0 saturated carbocycles. The largest absolute Gasteiger partial charge is 1.00 e. The fraction of sp³-hybridized carbons (Fsp3) is 1.00. The maximum Gasteiger partial charge on any atom is 1.00 e. The van der Waals surface area contributed by atoms with E-state index in [2.05, 4.69) is 41.5 Å². The Morgan fingerprint density at radius 2 is 0.725 bits per heavy atom. The zero-order valence-electron chi connectivity index (χ0n) is 26.6. The Labute approximate surface area is 272 Å². The molecule has 0 aromatic rings. The SMILES string of the molecule is CCCCCCCCCCOP1OCC(C)(C)CO1.CCCCCCCCCCOP1OCC(C)(C)CO1.[Br-].[Cu+]. The predicted octanol–water partition coefficient (Wildman–Crippen LogP) is 7.89. The van der Waals surface area contributed by atoms with Crippen molar-refractivity contribution >= 4 is 17.2 Å². The molecule has 2 heterocycles. The summed E-state index contributed by atoms with van der Waals surface area (Å²) in [6.07, 6.45) is 21.2. The van der Waals surface area contributed by atoms with Gasteiger partial charge in [-0.3, -0.25) is 0 Å². The zero-order valence-corrected chi connectivity index (χ0v) is 30.9. The summed E-state index contributed by atoms with van der Waals surface area (Å²) >= 11 is 0. The van der Waals surface area contributed by atoms with Gasteiger partial charge in [-0.2, -0.15) is 0 Å². The maximum atomic E-state index is 5.64. The van der Waals surface area contributed by atoms with E-state index in [4.69, 9.17) is 27.1 Å². The molecule has 2 aliphatic rings. The molecule has 0 amide bonds. The van der Waals surface area contributed by atoms with Crippen molar-refractivity contribution in [3.05, 3.63) is 0 Å². The van der Waals surface area contributed by atoms with Gasteiger partial charge in [0.2, 0.25) is 0 Å². The van der Waals surface area contributed by atoms with Crippen LogP contribution in [0.2, 0.25) is 0 Å². The first-order valence-corrected chi connectivity index (χ1v) is 17.8. The third kappa shape index (κ3) is 26.1. The van der Waals surface area contributed by atoms with Crippen molar-refractivity contribution in [2.75, 3.05) is 39.6 Å². The molecule has 0 aliphatic carbocycles. The number of hydrogen-bond acceptors (Lipinski definition) is 6.